The van der Waals surface area contributed by atoms with E-state index in [-0.39, 0.29) is 10.7 Å². The van der Waals surface area contributed by atoms with Gasteiger partial charge in [-0.3, -0.25) is 4.72 Å². The van der Waals surface area contributed by atoms with Gasteiger partial charge in [0.2, 0.25) is 0 Å². The molecule has 0 unspecified atom stereocenters. The van der Waals surface area contributed by atoms with E-state index in [4.69, 9.17) is 4.74 Å². The van der Waals surface area contributed by atoms with Gasteiger partial charge in [0.1, 0.15) is 16.5 Å². The van der Waals surface area contributed by atoms with E-state index in [0.29, 0.717) is 12.3 Å². The van der Waals surface area contributed by atoms with Crippen molar-refractivity contribution in [3.63, 3.8) is 0 Å². The van der Waals surface area contributed by atoms with Crippen molar-refractivity contribution < 1.29 is 13.2 Å². The monoisotopic (exact) mass is 347 g/mol. The summed E-state index contributed by atoms with van der Waals surface area (Å²) in [6.45, 7) is 7.98. The molecule has 0 saturated heterocycles. The molecule has 1 heterocycles. The van der Waals surface area contributed by atoms with Crippen molar-refractivity contribution in [1.82, 2.24) is 4.98 Å². The van der Waals surface area contributed by atoms with Crippen molar-refractivity contribution in [2.45, 2.75) is 18.7 Å². The number of benzene rings is 1. The van der Waals surface area contributed by atoms with E-state index >= 15 is 0 Å². The van der Waals surface area contributed by atoms with Crippen LogP contribution in [0.4, 0.5) is 11.5 Å². The Morgan fingerprint density at radius 3 is 2.54 bits per heavy atom. The molecule has 2 aromatic rings. The summed E-state index contributed by atoms with van der Waals surface area (Å²) in [5.41, 5.74) is 2.61. The molecule has 0 spiro atoms. The van der Waals surface area contributed by atoms with Gasteiger partial charge in [0.15, 0.2) is 0 Å². The number of methoxy groups -OCH3 is 1. The molecule has 128 valence electrons. The topological polar surface area (TPSA) is 80.3 Å². The normalized spacial score (nSPS) is 11.0. The Kier molecular flexibility index (Phi) is 5.46. The Morgan fingerprint density at radius 1 is 1.25 bits per heavy atom. The molecule has 0 saturated carbocycles. The molecular weight excluding hydrogens is 326 g/mol. The minimum atomic E-state index is -3.80. The molecule has 24 heavy (non-hydrogen) atoms. The molecule has 0 aliphatic carbocycles. The summed E-state index contributed by atoms with van der Waals surface area (Å²) in [7, 11) is -2.35. The zero-order valence-electron chi connectivity index (χ0n) is 14.0. The molecule has 0 amide bonds. The smallest absolute Gasteiger partial charge is 0.266 e. The third kappa shape index (κ3) is 4.05. The molecular formula is C17H21N3O3S. The number of pyridine rings is 1. The van der Waals surface area contributed by atoms with Crippen LogP contribution >= 0.6 is 0 Å². The number of anilines is 2. The number of aryl methyl sites for hydroxylation is 2. The largest absolute Gasteiger partial charge is 0.495 e. The summed E-state index contributed by atoms with van der Waals surface area (Å²) in [6, 6.07) is 6.64. The molecule has 1 aromatic heterocycles. The van der Waals surface area contributed by atoms with Crippen molar-refractivity contribution in [2.75, 3.05) is 23.7 Å². The highest BCUT2D eigenvalue weighted by atomic mass is 32.2. The van der Waals surface area contributed by atoms with Gasteiger partial charge in [-0.25, -0.2) is 13.4 Å². The predicted molar refractivity (Wildman–Crippen MR) is 96.2 cm³/mol. The SMILES string of the molecule is C=CCNc1ccc(NS(=O)(=O)c2cc(C)c(C)cc2OC)nc1. The lowest BCUT2D eigenvalue weighted by molar-refractivity contribution is 0.402. The number of nitrogens with zero attached hydrogens (tertiary/aromatic N) is 1. The Hall–Kier alpha value is -2.54. The van der Waals surface area contributed by atoms with Crippen LogP contribution in [0.5, 0.6) is 5.75 Å². The maximum Gasteiger partial charge on any atom is 0.266 e. The van der Waals surface area contributed by atoms with Gasteiger partial charge < -0.3 is 10.1 Å². The molecule has 2 N–H and O–H groups in total. The fourth-order valence-electron chi connectivity index (χ4n) is 2.07. The van der Waals surface area contributed by atoms with Crippen LogP contribution in [0.15, 0.2) is 48.0 Å². The van der Waals surface area contributed by atoms with E-state index in [0.717, 1.165) is 16.8 Å². The van der Waals surface area contributed by atoms with Crippen LogP contribution in [-0.2, 0) is 10.0 Å². The van der Waals surface area contributed by atoms with Crippen LogP contribution in [0.2, 0.25) is 0 Å². The summed E-state index contributed by atoms with van der Waals surface area (Å²) in [4.78, 5) is 4.20. The van der Waals surface area contributed by atoms with E-state index in [9.17, 15) is 8.42 Å². The second-order valence-electron chi connectivity index (χ2n) is 5.29. The highest BCUT2D eigenvalue weighted by molar-refractivity contribution is 7.92. The minimum Gasteiger partial charge on any atom is -0.495 e. The molecule has 6 nitrogen and oxygen atoms in total. The van der Waals surface area contributed by atoms with Crippen LogP contribution in [-0.4, -0.2) is 27.1 Å². The number of nitrogens with one attached hydrogen (secondary N) is 2. The van der Waals surface area contributed by atoms with Gasteiger partial charge >= 0.3 is 0 Å². The van der Waals surface area contributed by atoms with Gasteiger partial charge in [0, 0.05) is 6.54 Å². The second-order valence-corrected chi connectivity index (χ2v) is 6.95. The van der Waals surface area contributed by atoms with Crippen LogP contribution in [0.3, 0.4) is 0 Å². The molecule has 0 fully saturated rings. The van der Waals surface area contributed by atoms with Gasteiger partial charge in [0.05, 0.1) is 19.0 Å². The zero-order valence-corrected chi connectivity index (χ0v) is 14.8. The fraction of sp³-hybridized carbons (Fsp3) is 0.235. The number of ether oxygens (including phenoxy) is 1. The summed E-state index contributed by atoms with van der Waals surface area (Å²) in [5.74, 6) is 0.536. The number of rotatable bonds is 7. The highest BCUT2D eigenvalue weighted by Crippen LogP contribution is 2.28. The quantitative estimate of drug-likeness (QED) is 0.752. The minimum absolute atomic E-state index is 0.0868. The van der Waals surface area contributed by atoms with Gasteiger partial charge in [-0.2, -0.15) is 0 Å². The van der Waals surface area contributed by atoms with E-state index in [1.165, 1.54) is 7.11 Å². The first kappa shape index (κ1) is 17.8. The molecule has 7 heteroatoms. The van der Waals surface area contributed by atoms with E-state index in [2.05, 4.69) is 21.6 Å². The first-order valence-corrected chi connectivity index (χ1v) is 8.84. The van der Waals surface area contributed by atoms with Crippen molar-refractivity contribution >= 4 is 21.5 Å². The van der Waals surface area contributed by atoms with Gasteiger partial charge in [-0.15, -0.1) is 6.58 Å². The third-order valence-corrected chi connectivity index (χ3v) is 4.90. The molecule has 0 atom stereocenters. The number of sulfonamides is 1. The molecule has 2 rings (SSSR count). The number of aromatic nitrogens is 1. The van der Waals surface area contributed by atoms with Gasteiger partial charge in [0.25, 0.3) is 10.0 Å². The number of hydrogen-bond donors (Lipinski definition) is 2. The molecule has 0 bridgehead atoms. The summed E-state index contributed by atoms with van der Waals surface area (Å²) < 4.78 is 33.0. The molecule has 0 radical (unpaired) electrons. The van der Waals surface area contributed by atoms with Gasteiger partial charge in [-0.1, -0.05) is 6.08 Å². The molecule has 1 aromatic carbocycles. The maximum atomic E-state index is 12.6. The third-order valence-electron chi connectivity index (χ3n) is 3.52. The fourth-order valence-corrected chi connectivity index (χ4v) is 3.32. The van der Waals surface area contributed by atoms with Gasteiger partial charge in [-0.05, 0) is 49.2 Å². The lowest BCUT2D eigenvalue weighted by Crippen LogP contribution is -2.15. The van der Waals surface area contributed by atoms with Crippen molar-refractivity contribution in [1.29, 1.82) is 0 Å². The standard InChI is InChI=1S/C17H21N3O3S/c1-5-8-18-14-6-7-17(19-11-14)20-24(21,22)16-10-13(3)12(2)9-15(16)23-4/h5-7,9-11,18H,1,8H2,2-4H3,(H,19,20). The molecule has 0 aliphatic rings. The summed E-state index contributed by atoms with van der Waals surface area (Å²) in [6.07, 6.45) is 3.28. The van der Waals surface area contributed by atoms with E-state index in [1.807, 2.05) is 13.8 Å². The van der Waals surface area contributed by atoms with Crippen molar-refractivity contribution in [2.24, 2.45) is 0 Å². The first-order valence-electron chi connectivity index (χ1n) is 7.36. The van der Waals surface area contributed by atoms with Crippen LogP contribution in [0.25, 0.3) is 0 Å². The maximum absolute atomic E-state index is 12.6. The average Bonchev–Trinajstić information content (AvgIpc) is 2.56. The van der Waals surface area contributed by atoms with Crippen molar-refractivity contribution in [3.8, 4) is 5.75 Å². The van der Waals surface area contributed by atoms with E-state index in [1.54, 1.807) is 36.5 Å². The Bertz CT molecular complexity index is 831. The Balaban J connectivity index is 2.28. The zero-order chi connectivity index (χ0) is 17.7. The Morgan fingerprint density at radius 2 is 1.96 bits per heavy atom. The average molecular weight is 347 g/mol. The predicted octanol–water partition coefficient (Wildman–Crippen LogP) is 3.11. The Labute approximate surface area is 142 Å². The first-order chi connectivity index (χ1) is 11.4. The summed E-state index contributed by atoms with van der Waals surface area (Å²) >= 11 is 0. The molecule has 0 aliphatic heterocycles. The number of hydrogen-bond acceptors (Lipinski definition) is 5. The van der Waals surface area contributed by atoms with Crippen LogP contribution < -0.4 is 14.8 Å². The second kappa shape index (κ2) is 7.35. The van der Waals surface area contributed by atoms with Crippen LogP contribution in [0, 0.1) is 13.8 Å². The summed E-state index contributed by atoms with van der Waals surface area (Å²) in [5, 5.41) is 3.07. The highest BCUT2D eigenvalue weighted by Gasteiger charge is 2.21. The van der Waals surface area contributed by atoms with E-state index < -0.39 is 10.0 Å². The lowest BCUT2D eigenvalue weighted by Gasteiger charge is -2.13. The van der Waals surface area contributed by atoms with Crippen LogP contribution in [0.1, 0.15) is 11.1 Å². The lowest BCUT2D eigenvalue weighted by atomic mass is 10.1. The van der Waals surface area contributed by atoms with Crippen molar-refractivity contribution in [3.05, 3.63) is 54.2 Å².